The van der Waals surface area contributed by atoms with Crippen LogP contribution < -0.4 is 5.32 Å². The molecular weight excluding hydrogens is 323 g/mol. The highest BCUT2D eigenvalue weighted by molar-refractivity contribution is 9.10. The summed E-state index contributed by atoms with van der Waals surface area (Å²) in [5.41, 5.74) is 0.806. The SMILES string of the molecule is CC(C)CNCCc1ncc(-c2ccc(F)cc2Br)o1. The molecule has 2 aromatic rings. The average Bonchev–Trinajstić information content (AvgIpc) is 2.83. The molecule has 0 saturated carbocycles. The molecule has 0 atom stereocenters. The van der Waals surface area contributed by atoms with E-state index >= 15 is 0 Å². The van der Waals surface area contributed by atoms with Gasteiger partial charge in [-0.05, 0) is 46.6 Å². The van der Waals surface area contributed by atoms with Gasteiger partial charge in [-0.3, -0.25) is 0 Å². The van der Waals surface area contributed by atoms with Crippen LogP contribution in [0, 0.1) is 11.7 Å². The van der Waals surface area contributed by atoms with E-state index in [9.17, 15) is 4.39 Å². The lowest BCUT2D eigenvalue weighted by atomic mass is 10.2. The molecule has 0 aliphatic heterocycles. The summed E-state index contributed by atoms with van der Waals surface area (Å²) in [6.45, 7) is 6.16. The fourth-order valence-electron chi connectivity index (χ4n) is 1.83. The quantitative estimate of drug-likeness (QED) is 0.806. The maximum atomic E-state index is 13.1. The number of rotatable bonds is 6. The molecule has 0 aliphatic carbocycles. The van der Waals surface area contributed by atoms with Crippen LogP contribution in [0.15, 0.2) is 33.3 Å². The molecule has 2 rings (SSSR count). The largest absolute Gasteiger partial charge is 0.441 e. The lowest BCUT2D eigenvalue weighted by molar-refractivity contribution is 0.482. The lowest BCUT2D eigenvalue weighted by Crippen LogP contribution is -2.22. The van der Waals surface area contributed by atoms with Crippen molar-refractivity contribution in [1.29, 1.82) is 0 Å². The van der Waals surface area contributed by atoms with Gasteiger partial charge in [0.05, 0.1) is 6.20 Å². The fraction of sp³-hybridized carbons (Fsp3) is 0.400. The van der Waals surface area contributed by atoms with E-state index in [2.05, 4.69) is 40.1 Å². The molecule has 3 nitrogen and oxygen atoms in total. The number of nitrogens with zero attached hydrogens (tertiary/aromatic N) is 1. The average molecular weight is 341 g/mol. The Labute approximate surface area is 126 Å². The number of nitrogens with one attached hydrogen (secondary N) is 1. The first-order valence-corrected chi connectivity index (χ1v) is 7.46. The van der Waals surface area contributed by atoms with Crippen molar-refractivity contribution in [2.24, 2.45) is 5.92 Å². The lowest BCUT2D eigenvalue weighted by Gasteiger charge is -2.05. The summed E-state index contributed by atoms with van der Waals surface area (Å²) in [4.78, 5) is 4.25. The molecule has 0 bridgehead atoms. The predicted octanol–water partition coefficient (Wildman–Crippen LogP) is 4.03. The summed E-state index contributed by atoms with van der Waals surface area (Å²) in [6.07, 6.45) is 2.42. The van der Waals surface area contributed by atoms with Crippen LogP contribution in [0.5, 0.6) is 0 Å². The van der Waals surface area contributed by atoms with Crippen molar-refractivity contribution in [2.75, 3.05) is 13.1 Å². The molecule has 108 valence electrons. The molecule has 1 heterocycles. The summed E-state index contributed by atoms with van der Waals surface area (Å²) in [7, 11) is 0. The zero-order chi connectivity index (χ0) is 14.5. The van der Waals surface area contributed by atoms with Gasteiger partial charge in [-0.1, -0.05) is 13.8 Å². The summed E-state index contributed by atoms with van der Waals surface area (Å²) in [5, 5.41) is 3.34. The van der Waals surface area contributed by atoms with E-state index < -0.39 is 0 Å². The summed E-state index contributed by atoms with van der Waals surface area (Å²) in [6, 6.07) is 4.51. The minimum Gasteiger partial charge on any atom is -0.441 e. The Kier molecular flexibility index (Phi) is 5.31. The second-order valence-electron chi connectivity index (χ2n) is 5.09. The fourth-order valence-corrected chi connectivity index (χ4v) is 2.37. The van der Waals surface area contributed by atoms with E-state index in [-0.39, 0.29) is 5.82 Å². The molecule has 0 spiro atoms. The smallest absolute Gasteiger partial charge is 0.196 e. The van der Waals surface area contributed by atoms with Crippen LogP contribution in [0.4, 0.5) is 4.39 Å². The van der Waals surface area contributed by atoms with Gasteiger partial charge in [0.2, 0.25) is 0 Å². The Bertz CT molecular complexity index is 569. The summed E-state index contributed by atoms with van der Waals surface area (Å²) >= 11 is 3.33. The van der Waals surface area contributed by atoms with Crippen molar-refractivity contribution in [2.45, 2.75) is 20.3 Å². The van der Waals surface area contributed by atoms with E-state index in [1.54, 1.807) is 12.3 Å². The second kappa shape index (κ2) is 6.99. The van der Waals surface area contributed by atoms with Gasteiger partial charge in [0.1, 0.15) is 5.82 Å². The Morgan fingerprint density at radius 2 is 2.20 bits per heavy atom. The zero-order valence-corrected chi connectivity index (χ0v) is 13.2. The molecule has 0 aliphatic rings. The number of aromatic nitrogens is 1. The number of hydrogen-bond donors (Lipinski definition) is 1. The maximum absolute atomic E-state index is 13.1. The van der Waals surface area contributed by atoms with Crippen molar-refractivity contribution in [1.82, 2.24) is 10.3 Å². The summed E-state index contributed by atoms with van der Waals surface area (Å²) < 4.78 is 19.4. The van der Waals surface area contributed by atoms with Gasteiger partial charge in [-0.15, -0.1) is 0 Å². The molecule has 1 N–H and O–H groups in total. The van der Waals surface area contributed by atoms with Crippen LogP contribution in [-0.2, 0) is 6.42 Å². The maximum Gasteiger partial charge on any atom is 0.196 e. The third-order valence-corrected chi connectivity index (χ3v) is 3.47. The van der Waals surface area contributed by atoms with Gasteiger partial charge >= 0.3 is 0 Å². The first kappa shape index (κ1) is 15.2. The highest BCUT2D eigenvalue weighted by Crippen LogP contribution is 2.29. The highest BCUT2D eigenvalue weighted by atomic mass is 79.9. The minimum absolute atomic E-state index is 0.279. The van der Waals surface area contributed by atoms with Crippen LogP contribution in [0.2, 0.25) is 0 Å². The van der Waals surface area contributed by atoms with Crippen LogP contribution in [0.25, 0.3) is 11.3 Å². The number of hydrogen-bond acceptors (Lipinski definition) is 3. The topological polar surface area (TPSA) is 38.1 Å². The van der Waals surface area contributed by atoms with Gasteiger partial charge < -0.3 is 9.73 Å². The molecule has 0 fully saturated rings. The van der Waals surface area contributed by atoms with E-state index in [1.165, 1.54) is 12.1 Å². The molecule has 0 amide bonds. The van der Waals surface area contributed by atoms with Gasteiger partial charge in [0.15, 0.2) is 11.7 Å². The van der Waals surface area contributed by atoms with E-state index in [4.69, 9.17) is 4.42 Å². The van der Waals surface area contributed by atoms with Gasteiger partial charge in [-0.25, -0.2) is 9.37 Å². The van der Waals surface area contributed by atoms with Crippen molar-refractivity contribution in [3.63, 3.8) is 0 Å². The second-order valence-corrected chi connectivity index (χ2v) is 5.94. The van der Waals surface area contributed by atoms with E-state index in [1.807, 2.05) is 0 Å². The van der Waals surface area contributed by atoms with E-state index in [0.717, 1.165) is 25.1 Å². The summed E-state index contributed by atoms with van der Waals surface area (Å²) in [5.74, 6) is 1.69. The molecular formula is C15H18BrFN2O. The predicted molar refractivity (Wildman–Crippen MR) is 81.0 cm³/mol. The van der Waals surface area contributed by atoms with Crippen LogP contribution in [0.1, 0.15) is 19.7 Å². The van der Waals surface area contributed by atoms with Crippen LogP contribution >= 0.6 is 15.9 Å². The number of halogens is 2. The highest BCUT2D eigenvalue weighted by Gasteiger charge is 2.10. The van der Waals surface area contributed by atoms with Crippen molar-refractivity contribution < 1.29 is 8.81 Å². The van der Waals surface area contributed by atoms with Gasteiger partial charge in [0, 0.05) is 23.0 Å². The number of oxazole rings is 1. The number of benzene rings is 1. The van der Waals surface area contributed by atoms with Crippen molar-refractivity contribution in [3.8, 4) is 11.3 Å². The molecule has 1 aromatic heterocycles. The molecule has 20 heavy (non-hydrogen) atoms. The van der Waals surface area contributed by atoms with Gasteiger partial charge in [-0.2, -0.15) is 0 Å². The normalized spacial score (nSPS) is 11.2. The third-order valence-electron chi connectivity index (χ3n) is 2.82. The molecule has 0 unspecified atom stereocenters. The Hall–Kier alpha value is -1.20. The molecule has 0 radical (unpaired) electrons. The molecule has 5 heteroatoms. The standard InChI is InChI=1S/C15H18BrFN2O/c1-10(2)8-18-6-5-15-19-9-14(20-15)12-4-3-11(17)7-13(12)16/h3-4,7,9-10,18H,5-6,8H2,1-2H3. The Morgan fingerprint density at radius 1 is 1.40 bits per heavy atom. The minimum atomic E-state index is -0.279. The van der Waals surface area contributed by atoms with E-state index in [0.29, 0.717) is 22.0 Å². The zero-order valence-electron chi connectivity index (χ0n) is 11.6. The first-order chi connectivity index (χ1) is 9.56. The Balaban J connectivity index is 1.98. The van der Waals surface area contributed by atoms with Crippen molar-refractivity contribution >= 4 is 15.9 Å². The van der Waals surface area contributed by atoms with Crippen molar-refractivity contribution in [3.05, 3.63) is 40.6 Å². The third kappa shape index (κ3) is 4.15. The first-order valence-electron chi connectivity index (χ1n) is 6.67. The molecule has 0 saturated heterocycles. The van der Waals surface area contributed by atoms with Crippen LogP contribution in [0.3, 0.4) is 0 Å². The van der Waals surface area contributed by atoms with Crippen LogP contribution in [-0.4, -0.2) is 18.1 Å². The Morgan fingerprint density at radius 3 is 2.90 bits per heavy atom. The monoisotopic (exact) mass is 340 g/mol. The van der Waals surface area contributed by atoms with Gasteiger partial charge in [0.25, 0.3) is 0 Å². The molecule has 1 aromatic carbocycles.